The second kappa shape index (κ2) is 9.91. The third kappa shape index (κ3) is 6.84. The van der Waals surface area contributed by atoms with E-state index in [1.54, 1.807) is 31.2 Å². The van der Waals surface area contributed by atoms with Gasteiger partial charge in [0.1, 0.15) is 11.6 Å². The van der Waals surface area contributed by atoms with Crippen LogP contribution < -0.4 is 5.32 Å². The Morgan fingerprint density at radius 3 is 2.23 bits per heavy atom. The molecule has 1 N–H and O–H groups in total. The van der Waals surface area contributed by atoms with Crippen LogP contribution in [-0.2, 0) is 14.3 Å². The fraction of sp³-hybridized carbons (Fsp3) is 0.263. The van der Waals surface area contributed by atoms with E-state index in [0.717, 1.165) is 10.5 Å². The predicted molar refractivity (Wildman–Crippen MR) is 95.7 cm³/mol. The molecule has 0 aromatic heterocycles. The zero-order valence-corrected chi connectivity index (χ0v) is 15.0. The highest BCUT2D eigenvalue weighted by Gasteiger charge is 2.12. The Morgan fingerprint density at radius 1 is 1.04 bits per heavy atom. The quantitative estimate of drug-likeness (QED) is 0.559. The van der Waals surface area contributed by atoms with Gasteiger partial charge in [-0.2, -0.15) is 0 Å². The number of halogens is 2. The van der Waals surface area contributed by atoms with Gasteiger partial charge in [0.05, 0.1) is 12.5 Å². The van der Waals surface area contributed by atoms with Crippen LogP contribution in [0.15, 0.2) is 53.4 Å². The monoisotopic (exact) mass is 379 g/mol. The molecule has 1 atom stereocenters. The summed E-state index contributed by atoms with van der Waals surface area (Å²) in [6, 6.07) is 11.5. The maximum Gasteiger partial charge on any atom is 0.307 e. The molecule has 26 heavy (non-hydrogen) atoms. The van der Waals surface area contributed by atoms with E-state index in [9.17, 15) is 18.4 Å². The van der Waals surface area contributed by atoms with E-state index in [1.165, 1.54) is 36.0 Å². The lowest BCUT2D eigenvalue weighted by Crippen LogP contribution is -2.31. The average molecular weight is 379 g/mol. The Hall–Kier alpha value is -2.41. The standard InChI is InChI=1S/C19H19F2NO3S/c1-13(14-2-4-15(20)5-3-14)22-18(23)12-25-19(24)10-11-26-17-8-6-16(21)7-9-17/h2-9,13H,10-12H2,1H3,(H,22,23). The summed E-state index contributed by atoms with van der Waals surface area (Å²) in [7, 11) is 0. The molecule has 0 aliphatic heterocycles. The summed E-state index contributed by atoms with van der Waals surface area (Å²) in [5, 5.41) is 2.68. The average Bonchev–Trinajstić information content (AvgIpc) is 2.62. The van der Waals surface area contributed by atoms with Crippen molar-refractivity contribution in [3.8, 4) is 0 Å². The molecule has 0 saturated heterocycles. The first-order chi connectivity index (χ1) is 12.4. The first kappa shape index (κ1) is 19.9. The maximum absolute atomic E-state index is 12.9. The second-order valence-electron chi connectivity index (χ2n) is 5.55. The highest BCUT2D eigenvalue weighted by molar-refractivity contribution is 7.99. The van der Waals surface area contributed by atoms with Gasteiger partial charge in [-0.05, 0) is 48.9 Å². The molecule has 4 nitrogen and oxygen atoms in total. The van der Waals surface area contributed by atoms with Crippen molar-refractivity contribution in [3.63, 3.8) is 0 Å². The SMILES string of the molecule is CC(NC(=O)COC(=O)CCSc1ccc(F)cc1)c1ccc(F)cc1. The molecule has 0 fully saturated rings. The van der Waals surface area contributed by atoms with E-state index < -0.39 is 11.9 Å². The summed E-state index contributed by atoms with van der Waals surface area (Å²) >= 11 is 1.40. The van der Waals surface area contributed by atoms with E-state index in [0.29, 0.717) is 5.75 Å². The number of thioether (sulfide) groups is 1. The number of esters is 1. The second-order valence-corrected chi connectivity index (χ2v) is 6.72. The third-order valence-electron chi connectivity index (χ3n) is 3.50. The Labute approximate surface area is 154 Å². The minimum Gasteiger partial charge on any atom is -0.456 e. The van der Waals surface area contributed by atoms with Crippen LogP contribution in [0.4, 0.5) is 8.78 Å². The van der Waals surface area contributed by atoms with Crippen molar-refractivity contribution in [2.24, 2.45) is 0 Å². The lowest BCUT2D eigenvalue weighted by molar-refractivity contribution is -0.148. The van der Waals surface area contributed by atoms with Crippen molar-refractivity contribution in [3.05, 3.63) is 65.7 Å². The highest BCUT2D eigenvalue weighted by Crippen LogP contribution is 2.19. The molecule has 2 rings (SSSR count). The molecule has 2 aromatic rings. The molecule has 0 radical (unpaired) electrons. The summed E-state index contributed by atoms with van der Waals surface area (Å²) in [6.07, 6.45) is 0.142. The van der Waals surface area contributed by atoms with Gasteiger partial charge in [0.15, 0.2) is 6.61 Å². The molecule has 0 bridgehead atoms. The molecular weight excluding hydrogens is 360 g/mol. The fourth-order valence-corrected chi connectivity index (χ4v) is 2.95. The number of amides is 1. The smallest absolute Gasteiger partial charge is 0.307 e. The van der Waals surface area contributed by atoms with Gasteiger partial charge in [0, 0.05) is 10.6 Å². The summed E-state index contributed by atoms with van der Waals surface area (Å²) in [5.41, 5.74) is 0.752. The molecule has 7 heteroatoms. The summed E-state index contributed by atoms with van der Waals surface area (Å²) in [4.78, 5) is 24.3. The number of rotatable bonds is 8. The van der Waals surface area contributed by atoms with Crippen molar-refractivity contribution >= 4 is 23.6 Å². The Bertz CT molecular complexity index is 735. The Kier molecular flexibility index (Phi) is 7.59. The number of hydrogen-bond donors (Lipinski definition) is 1. The van der Waals surface area contributed by atoms with Crippen molar-refractivity contribution in [2.75, 3.05) is 12.4 Å². The molecule has 0 aliphatic carbocycles. The summed E-state index contributed by atoms with van der Waals surface area (Å²) in [6.45, 7) is 1.39. The molecule has 0 spiro atoms. The first-order valence-corrected chi connectivity index (χ1v) is 9.01. The zero-order chi connectivity index (χ0) is 18.9. The van der Waals surface area contributed by atoms with Crippen molar-refractivity contribution in [2.45, 2.75) is 24.3 Å². The largest absolute Gasteiger partial charge is 0.456 e. The number of carbonyl (C=O) groups excluding carboxylic acids is 2. The third-order valence-corrected chi connectivity index (χ3v) is 4.51. The normalized spacial score (nSPS) is 11.7. The van der Waals surface area contributed by atoms with Crippen LogP contribution in [0, 0.1) is 11.6 Å². The van der Waals surface area contributed by atoms with Crippen LogP contribution in [0.5, 0.6) is 0 Å². The minimum absolute atomic E-state index is 0.142. The molecular formula is C19H19F2NO3S. The zero-order valence-electron chi connectivity index (χ0n) is 14.2. The summed E-state index contributed by atoms with van der Waals surface area (Å²) < 4.78 is 30.6. The van der Waals surface area contributed by atoms with Gasteiger partial charge in [0.2, 0.25) is 0 Å². The fourth-order valence-electron chi connectivity index (χ4n) is 2.12. The van der Waals surface area contributed by atoms with Crippen LogP contribution in [0.3, 0.4) is 0 Å². The number of nitrogens with one attached hydrogen (secondary N) is 1. The lowest BCUT2D eigenvalue weighted by Gasteiger charge is -2.14. The van der Waals surface area contributed by atoms with Crippen LogP contribution in [0.2, 0.25) is 0 Å². The van der Waals surface area contributed by atoms with Crippen LogP contribution >= 0.6 is 11.8 Å². The minimum atomic E-state index is -0.482. The number of carbonyl (C=O) groups is 2. The van der Waals surface area contributed by atoms with Gasteiger partial charge >= 0.3 is 5.97 Å². The van der Waals surface area contributed by atoms with E-state index in [-0.39, 0.29) is 30.7 Å². The van der Waals surface area contributed by atoms with Gasteiger partial charge in [-0.3, -0.25) is 9.59 Å². The van der Waals surface area contributed by atoms with Crippen molar-refractivity contribution in [1.29, 1.82) is 0 Å². The number of hydrogen-bond acceptors (Lipinski definition) is 4. The number of ether oxygens (including phenoxy) is 1. The van der Waals surface area contributed by atoms with E-state index >= 15 is 0 Å². The van der Waals surface area contributed by atoms with Crippen molar-refractivity contribution < 1.29 is 23.1 Å². The summed E-state index contributed by atoms with van der Waals surface area (Å²) in [5.74, 6) is -1.10. The molecule has 1 amide bonds. The van der Waals surface area contributed by atoms with E-state index in [4.69, 9.17) is 4.74 Å². The maximum atomic E-state index is 12.9. The predicted octanol–water partition coefficient (Wildman–Crippen LogP) is 3.87. The van der Waals surface area contributed by atoms with Crippen LogP contribution in [-0.4, -0.2) is 24.2 Å². The van der Waals surface area contributed by atoms with Gasteiger partial charge in [-0.25, -0.2) is 8.78 Å². The van der Waals surface area contributed by atoms with Gasteiger partial charge < -0.3 is 10.1 Å². The molecule has 0 aliphatic rings. The highest BCUT2D eigenvalue weighted by atomic mass is 32.2. The Morgan fingerprint density at radius 2 is 1.62 bits per heavy atom. The molecule has 1 unspecified atom stereocenters. The molecule has 138 valence electrons. The van der Waals surface area contributed by atoms with E-state index in [2.05, 4.69) is 5.32 Å². The Balaban J connectivity index is 1.65. The lowest BCUT2D eigenvalue weighted by atomic mass is 10.1. The van der Waals surface area contributed by atoms with Gasteiger partial charge in [-0.1, -0.05) is 12.1 Å². The topological polar surface area (TPSA) is 55.4 Å². The van der Waals surface area contributed by atoms with Crippen LogP contribution in [0.25, 0.3) is 0 Å². The molecule has 2 aromatic carbocycles. The van der Waals surface area contributed by atoms with Gasteiger partial charge in [-0.15, -0.1) is 11.8 Å². The molecule has 0 heterocycles. The van der Waals surface area contributed by atoms with Gasteiger partial charge in [0.25, 0.3) is 5.91 Å². The van der Waals surface area contributed by atoms with Crippen molar-refractivity contribution in [1.82, 2.24) is 5.32 Å². The molecule has 0 saturated carbocycles. The van der Waals surface area contributed by atoms with E-state index in [1.807, 2.05) is 0 Å². The first-order valence-electron chi connectivity index (χ1n) is 8.03. The number of benzene rings is 2. The van der Waals surface area contributed by atoms with Crippen LogP contribution in [0.1, 0.15) is 24.9 Å².